The first-order valence-corrected chi connectivity index (χ1v) is 6.37. The zero-order chi connectivity index (χ0) is 13.8. The third kappa shape index (κ3) is 2.84. The molecule has 19 heavy (non-hydrogen) atoms. The van der Waals surface area contributed by atoms with E-state index < -0.39 is 0 Å². The molecule has 100 valence electrons. The van der Waals surface area contributed by atoms with Gasteiger partial charge in [-0.1, -0.05) is 36.9 Å². The molecule has 0 spiro atoms. The number of carbonyl (C=O) groups is 1. The first-order chi connectivity index (χ1) is 9.13. The zero-order valence-corrected chi connectivity index (χ0v) is 11.3. The van der Waals surface area contributed by atoms with Gasteiger partial charge in [0.1, 0.15) is 11.5 Å². The van der Waals surface area contributed by atoms with E-state index in [0.29, 0.717) is 18.8 Å². The normalized spacial score (nSPS) is 18.1. The van der Waals surface area contributed by atoms with Gasteiger partial charge in [0, 0.05) is 13.3 Å². The maximum Gasteiger partial charge on any atom is 0.240 e. The summed E-state index contributed by atoms with van der Waals surface area (Å²) in [5, 5.41) is 5.85. The van der Waals surface area contributed by atoms with Crippen LogP contribution in [-0.2, 0) is 9.53 Å². The Kier molecular flexibility index (Phi) is 4.00. The summed E-state index contributed by atoms with van der Waals surface area (Å²) in [7, 11) is 0. The van der Waals surface area contributed by atoms with E-state index in [0.717, 1.165) is 11.3 Å². The molecule has 0 saturated carbocycles. The van der Waals surface area contributed by atoms with E-state index in [2.05, 4.69) is 11.7 Å². The van der Waals surface area contributed by atoms with Crippen LogP contribution in [0, 0.1) is 0 Å². The van der Waals surface area contributed by atoms with E-state index in [1.54, 1.807) is 0 Å². The van der Waals surface area contributed by atoms with Crippen LogP contribution in [0.15, 0.2) is 47.8 Å². The second-order valence-electron chi connectivity index (χ2n) is 4.40. The molecule has 1 aliphatic heterocycles. The number of hydrogen-bond donors (Lipinski definition) is 0. The van der Waals surface area contributed by atoms with E-state index in [1.807, 2.05) is 37.3 Å². The van der Waals surface area contributed by atoms with Crippen LogP contribution in [-0.4, -0.2) is 23.2 Å². The number of ether oxygens (including phenoxy) is 1. The van der Waals surface area contributed by atoms with Gasteiger partial charge >= 0.3 is 0 Å². The molecule has 1 amide bonds. The predicted molar refractivity (Wildman–Crippen MR) is 74.5 cm³/mol. The highest BCUT2D eigenvalue weighted by molar-refractivity contribution is 6.00. The summed E-state index contributed by atoms with van der Waals surface area (Å²) < 4.78 is 5.37. The highest BCUT2D eigenvalue weighted by Gasteiger charge is 2.31. The summed E-state index contributed by atoms with van der Waals surface area (Å²) in [5.41, 5.74) is 1.81. The minimum absolute atomic E-state index is 0.0640. The number of amides is 1. The van der Waals surface area contributed by atoms with Crippen molar-refractivity contribution in [2.75, 3.05) is 6.61 Å². The molecule has 0 fully saturated rings. The van der Waals surface area contributed by atoms with Crippen molar-refractivity contribution in [3.8, 4) is 0 Å². The van der Waals surface area contributed by atoms with Gasteiger partial charge in [-0.15, -0.1) is 0 Å². The van der Waals surface area contributed by atoms with Gasteiger partial charge in [-0.25, -0.2) is 5.01 Å². The Balaban J connectivity index is 2.24. The van der Waals surface area contributed by atoms with Gasteiger partial charge in [0.2, 0.25) is 5.91 Å². The average Bonchev–Trinajstić information content (AvgIpc) is 2.85. The molecule has 2 rings (SSSR count). The summed E-state index contributed by atoms with van der Waals surface area (Å²) >= 11 is 0. The molecular weight excluding hydrogens is 240 g/mol. The lowest BCUT2D eigenvalue weighted by Gasteiger charge is -2.20. The van der Waals surface area contributed by atoms with Crippen molar-refractivity contribution in [3.05, 3.63) is 48.2 Å². The van der Waals surface area contributed by atoms with Crippen LogP contribution < -0.4 is 0 Å². The molecule has 1 aromatic rings. The molecule has 1 aromatic carbocycles. The summed E-state index contributed by atoms with van der Waals surface area (Å²) in [5.74, 6) is 0.473. The maximum atomic E-state index is 11.7. The molecule has 0 aromatic heterocycles. The second-order valence-corrected chi connectivity index (χ2v) is 4.40. The standard InChI is InChI=1S/C15H18N2O2/c1-4-19-11(2)14-10-15(17(16-14)12(3)18)13-8-6-5-7-9-13/h5-9,15H,2,4,10H2,1,3H3. The van der Waals surface area contributed by atoms with Crippen molar-refractivity contribution in [1.29, 1.82) is 0 Å². The largest absolute Gasteiger partial charge is 0.493 e. The van der Waals surface area contributed by atoms with Crippen LogP contribution in [0.2, 0.25) is 0 Å². The van der Waals surface area contributed by atoms with Gasteiger partial charge in [0.25, 0.3) is 0 Å². The van der Waals surface area contributed by atoms with E-state index in [-0.39, 0.29) is 11.9 Å². The molecule has 1 heterocycles. The third-order valence-electron chi connectivity index (χ3n) is 3.06. The predicted octanol–water partition coefficient (Wildman–Crippen LogP) is 2.89. The average molecular weight is 258 g/mol. The minimum Gasteiger partial charge on any atom is -0.493 e. The molecule has 1 aliphatic rings. The first kappa shape index (κ1) is 13.3. The van der Waals surface area contributed by atoms with Gasteiger partial charge in [-0.2, -0.15) is 5.10 Å². The molecule has 1 unspecified atom stereocenters. The fourth-order valence-corrected chi connectivity index (χ4v) is 2.16. The number of benzene rings is 1. The van der Waals surface area contributed by atoms with E-state index in [1.165, 1.54) is 11.9 Å². The minimum atomic E-state index is -0.0758. The SMILES string of the molecule is C=C(OCC)C1=NN(C(C)=O)C(c2ccccc2)C1. The fourth-order valence-electron chi connectivity index (χ4n) is 2.16. The van der Waals surface area contributed by atoms with Gasteiger partial charge in [0.15, 0.2) is 0 Å². The number of hydrazone groups is 1. The zero-order valence-electron chi connectivity index (χ0n) is 11.3. The molecule has 0 bridgehead atoms. The van der Waals surface area contributed by atoms with Crippen molar-refractivity contribution < 1.29 is 9.53 Å². The van der Waals surface area contributed by atoms with Crippen LogP contribution in [0.5, 0.6) is 0 Å². The van der Waals surface area contributed by atoms with Crippen molar-refractivity contribution in [2.24, 2.45) is 5.10 Å². The van der Waals surface area contributed by atoms with E-state index >= 15 is 0 Å². The van der Waals surface area contributed by atoms with Gasteiger partial charge in [-0.05, 0) is 12.5 Å². The summed E-state index contributed by atoms with van der Waals surface area (Å²) in [4.78, 5) is 11.7. The molecule has 0 N–H and O–H groups in total. The Morgan fingerprint density at radius 2 is 2.16 bits per heavy atom. The summed E-state index contributed by atoms with van der Waals surface area (Å²) in [6.07, 6.45) is 0.641. The molecule has 0 saturated heterocycles. The molecule has 0 aliphatic carbocycles. The van der Waals surface area contributed by atoms with Gasteiger partial charge in [-0.3, -0.25) is 4.79 Å². The van der Waals surface area contributed by atoms with E-state index in [9.17, 15) is 4.79 Å². The number of rotatable bonds is 4. The van der Waals surface area contributed by atoms with Crippen molar-refractivity contribution >= 4 is 11.6 Å². The van der Waals surface area contributed by atoms with Crippen molar-refractivity contribution in [3.63, 3.8) is 0 Å². The molecular formula is C15H18N2O2. The van der Waals surface area contributed by atoms with Crippen molar-refractivity contribution in [1.82, 2.24) is 5.01 Å². The Morgan fingerprint density at radius 3 is 2.74 bits per heavy atom. The third-order valence-corrected chi connectivity index (χ3v) is 3.06. The first-order valence-electron chi connectivity index (χ1n) is 6.37. The van der Waals surface area contributed by atoms with Crippen LogP contribution in [0.1, 0.15) is 31.9 Å². The quantitative estimate of drug-likeness (QED) is 0.779. The van der Waals surface area contributed by atoms with Gasteiger partial charge in [0.05, 0.1) is 12.6 Å². The highest BCUT2D eigenvalue weighted by atomic mass is 16.5. The topological polar surface area (TPSA) is 41.9 Å². The maximum absolute atomic E-state index is 11.7. The Labute approximate surface area is 113 Å². The Morgan fingerprint density at radius 1 is 1.47 bits per heavy atom. The van der Waals surface area contributed by atoms with Gasteiger partial charge < -0.3 is 4.74 Å². The lowest BCUT2D eigenvalue weighted by atomic mass is 10.0. The van der Waals surface area contributed by atoms with Crippen LogP contribution in [0.25, 0.3) is 0 Å². The van der Waals surface area contributed by atoms with E-state index in [4.69, 9.17) is 4.74 Å². The molecule has 4 nitrogen and oxygen atoms in total. The lowest BCUT2D eigenvalue weighted by molar-refractivity contribution is -0.130. The monoisotopic (exact) mass is 258 g/mol. The summed E-state index contributed by atoms with van der Waals surface area (Å²) in [6, 6.07) is 9.82. The Hall–Kier alpha value is -2.10. The molecule has 1 atom stereocenters. The number of allylic oxidation sites excluding steroid dienone is 1. The van der Waals surface area contributed by atoms with Crippen LogP contribution in [0.3, 0.4) is 0 Å². The number of carbonyl (C=O) groups excluding carboxylic acids is 1. The smallest absolute Gasteiger partial charge is 0.240 e. The highest BCUT2D eigenvalue weighted by Crippen LogP contribution is 2.32. The van der Waals surface area contributed by atoms with Crippen LogP contribution >= 0.6 is 0 Å². The van der Waals surface area contributed by atoms with Crippen LogP contribution in [0.4, 0.5) is 0 Å². The van der Waals surface area contributed by atoms with Crippen molar-refractivity contribution in [2.45, 2.75) is 26.3 Å². The Bertz CT molecular complexity index is 508. The fraction of sp³-hybridized carbons (Fsp3) is 0.333. The molecule has 4 heteroatoms. The summed E-state index contributed by atoms with van der Waals surface area (Å²) in [6.45, 7) is 7.83. The molecule has 0 radical (unpaired) electrons. The lowest BCUT2D eigenvalue weighted by Crippen LogP contribution is -2.24. The second kappa shape index (κ2) is 5.69. The number of hydrogen-bond acceptors (Lipinski definition) is 3. The number of nitrogens with zero attached hydrogens (tertiary/aromatic N) is 2.